The molecule has 0 bridgehead atoms. The van der Waals surface area contributed by atoms with Gasteiger partial charge in [0.2, 0.25) is 5.91 Å². The van der Waals surface area contributed by atoms with E-state index in [2.05, 4.69) is 0 Å². The number of carbonyl (C=O) groups is 2. The highest BCUT2D eigenvalue weighted by atomic mass is 16.4. The van der Waals surface area contributed by atoms with Gasteiger partial charge < -0.3 is 15.7 Å². The second-order valence-corrected chi connectivity index (χ2v) is 4.36. The molecule has 0 radical (unpaired) electrons. The molecule has 0 fully saturated rings. The molecule has 0 aliphatic heterocycles. The molecule has 0 heterocycles. The van der Waals surface area contributed by atoms with Crippen LogP contribution < -0.4 is 5.73 Å². The van der Waals surface area contributed by atoms with Gasteiger partial charge in [-0.1, -0.05) is 20.3 Å². The molecule has 2 atom stereocenters. The van der Waals surface area contributed by atoms with Crippen molar-refractivity contribution in [1.29, 1.82) is 0 Å². The van der Waals surface area contributed by atoms with Gasteiger partial charge >= 0.3 is 5.97 Å². The van der Waals surface area contributed by atoms with Gasteiger partial charge in [0, 0.05) is 6.04 Å². The lowest BCUT2D eigenvalue weighted by molar-refractivity contribution is -0.146. The Morgan fingerprint density at radius 2 is 1.81 bits per heavy atom. The average molecular weight is 230 g/mol. The van der Waals surface area contributed by atoms with Crippen LogP contribution in [0.15, 0.2) is 0 Å². The van der Waals surface area contributed by atoms with E-state index in [1.165, 1.54) is 4.90 Å². The van der Waals surface area contributed by atoms with Crippen LogP contribution in [0, 0.1) is 5.92 Å². The standard InChI is InChI=1S/C11H22N2O3/c1-5-8(4)10(12)11(16)13(7(2)3)6-9(14)15/h7-8,10H,5-6,12H2,1-4H3,(H,14,15)/t8?,10-/m0/s1. The molecule has 0 aliphatic carbocycles. The van der Waals surface area contributed by atoms with Gasteiger partial charge in [0.1, 0.15) is 6.54 Å². The fourth-order valence-electron chi connectivity index (χ4n) is 1.35. The van der Waals surface area contributed by atoms with E-state index in [9.17, 15) is 9.59 Å². The van der Waals surface area contributed by atoms with E-state index >= 15 is 0 Å². The monoisotopic (exact) mass is 230 g/mol. The number of hydrogen-bond donors (Lipinski definition) is 2. The number of rotatable bonds is 6. The smallest absolute Gasteiger partial charge is 0.323 e. The summed E-state index contributed by atoms with van der Waals surface area (Å²) < 4.78 is 0. The third-order valence-corrected chi connectivity index (χ3v) is 2.75. The average Bonchev–Trinajstić information content (AvgIpc) is 2.22. The molecule has 1 amide bonds. The van der Waals surface area contributed by atoms with Crippen molar-refractivity contribution in [3.8, 4) is 0 Å². The van der Waals surface area contributed by atoms with Gasteiger partial charge in [-0.15, -0.1) is 0 Å². The maximum absolute atomic E-state index is 12.0. The van der Waals surface area contributed by atoms with Crippen molar-refractivity contribution in [1.82, 2.24) is 4.90 Å². The first-order valence-electron chi connectivity index (χ1n) is 5.59. The first kappa shape index (κ1) is 14.9. The van der Waals surface area contributed by atoms with E-state index in [1.54, 1.807) is 13.8 Å². The Hall–Kier alpha value is -1.10. The highest BCUT2D eigenvalue weighted by molar-refractivity contribution is 5.85. The SMILES string of the molecule is CCC(C)[C@H](N)C(=O)N(CC(=O)O)C(C)C. The molecule has 5 nitrogen and oxygen atoms in total. The zero-order valence-electron chi connectivity index (χ0n) is 10.4. The van der Waals surface area contributed by atoms with E-state index in [4.69, 9.17) is 10.8 Å². The van der Waals surface area contributed by atoms with Gasteiger partial charge in [0.15, 0.2) is 0 Å². The van der Waals surface area contributed by atoms with Crippen molar-refractivity contribution in [3.05, 3.63) is 0 Å². The third-order valence-electron chi connectivity index (χ3n) is 2.75. The van der Waals surface area contributed by atoms with Gasteiger partial charge in [0.25, 0.3) is 0 Å². The molecular weight excluding hydrogens is 208 g/mol. The highest BCUT2D eigenvalue weighted by Crippen LogP contribution is 2.10. The van der Waals surface area contributed by atoms with Gasteiger partial charge in [-0.25, -0.2) is 0 Å². The number of nitrogens with zero attached hydrogens (tertiary/aromatic N) is 1. The van der Waals surface area contributed by atoms with Crippen molar-refractivity contribution in [2.75, 3.05) is 6.54 Å². The van der Waals surface area contributed by atoms with Crippen molar-refractivity contribution in [3.63, 3.8) is 0 Å². The van der Waals surface area contributed by atoms with Gasteiger partial charge in [-0.2, -0.15) is 0 Å². The second-order valence-electron chi connectivity index (χ2n) is 4.36. The van der Waals surface area contributed by atoms with Crippen LogP contribution in [0.5, 0.6) is 0 Å². The Labute approximate surface area is 96.6 Å². The predicted octanol–water partition coefficient (Wildman–Crippen LogP) is 0.681. The van der Waals surface area contributed by atoms with E-state index in [0.29, 0.717) is 0 Å². The lowest BCUT2D eigenvalue weighted by Crippen LogP contribution is -2.51. The summed E-state index contributed by atoms with van der Waals surface area (Å²) in [7, 11) is 0. The van der Waals surface area contributed by atoms with Crippen LogP contribution in [0.3, 0.4) is 0 Å². The fourth-order valence-corrected chi connectivity index (χ4v) is 1.35. The van der Waals surface area contributed by atoms with Gasteiger partial charge in [0.05, 0.1) is 6.04 Å². The number of carbonyl (C=O) groups excluding carboxylic acids is 1. The topological polar surface area (TPSA) is 83.6 Å². The van der Waals surface area contributed by atoms with Crippen LogP contribution >= 0.6 is 0 Å². The molecule has 16 heavy (non-hydrogen) atoms. The minimum absolute atomic E-state index is 0.0579. The van der Waals surface area contributed by atoms with Crippen molar-refractivity contribution in [2.45, 2.75) is 46.2 Å². The Balaban J connectivity index is 4.67. The lowest BCUT2D eigenvalue weighted by Gasteiger charge is -2.29. The first-order valence-corrected chi connectivity index (χ1v) is 5.59. The minimum Gasteiger partial charge on any atom is -0.480 e. The predicted molar refractivity (Wildman–Crippen MR) is 61.9 cm³/mol. The lowest BCUT2D eigenvalue weighted by atomic mass is 9.98. The molecule has 0 aromatic carbocycles. The summed E-state index contributed by atoms with van der Waals surface area (Å²) in [6, 6.07) is -0.773. The minimum atomic E-state index is -1.02. The Morgan fingerprint density at radius 1 is 1.31 bits per heavy atom. The molecule has 0 spiro atoms. The zero-order chi connectivity index (χ0) is 12.9. The number of amides is 1. The number of aliphatic carboxylic acids is 1. The van der Waals surface area contributed by atoms with E-state index in [-0.39, 0.29) is 24.4 Å². The molecule has 3 N–H and O–H groups in total. The summed E-state index contributed by atoms with van der Waals surface area (Å²) in [5, 5.41) is 8.72. The summed E-state index contributed by atoms with van der Waals surface area (Å²) in [5.74, 6) is -1.24. The van der Waals surface area contributed by atoms with E-state index < -0.39 is 12.0 Å². The molecular formula is C11H22N2O3. The molecule has 0 aromatic rings. The molecule has 5 heteroatoms. The van der Waals surface area contributed by atoms with Crippen LogP contribution in [0.4, 0.5) is 0 Å². The molecule has 0 rings (SSSR count). The molecule has 1 unspecified atom stereocenters. The molecule has 0 aliphatic rings. The summed E-state index contributed by atoms with van der Waals surface area (Å²) in [6.45, 7) is 7.12. The maximum Gasteiger partial charge on any atom is 0.323 e. The first-order chi connectivity index (χ1) is 7.31. The van der Waals surface area contributed by atoms with E-state index in [0.717, 1.165) is 6.42 Å². The van der Waals surface area contributed by atoms with Gasteiger partial charge in [-0.05, 0) is 19.8 Å². The third kappa shape index (κ3) is 4.18. The zero-order valence-corrected chi connectivity index (χ0v) is 10.4. The maximum atomic E-state index is 12.0. The van der Waals surface area contributed by atoms with Crippen molar-refractivity contribution in [2.24, 2.45) is 11.7 Å². The Morgan fingerprint density at radius 3 is 2.12 bits per heavy atom. The van der Waals surface area contributed by atoms with Crippen LogP contribution in [0.2, 0.25) is 0 Å². The van der Waals surface area contributed by atoms with Crippen molar-refractivity contribution >= 4 is 11.9 Å². The van der Waals surface area contributed by atoms with E-state index in [1.807, 2.05) is 13.8 Å². The molecule has 0 saturated carbocycles. The Bertz CT molecular complexity index is 254. The summed E-state index contributed by atoms with van der Waals surface area (Å²) in [5.41, 5.74) is 5.80. The number of hydrogen-bond acceptors (Lipinski definition) is 3. The van der Waals surface area contributed by atoms with Gasteiger partial charge in [-0.3, -0.25) is 9.59 Å². The van der Waals surface area contributed by atoms with Crippen LogP contribution in [-0.2, 0) is 9.59 Å². The van der Waals surface area contributed by atoms with Crippen molar-refractivity contribution < 1.29 is 14.7 Å². The summed E-state index contributed by atoms with van der Waals surface area (Å²) >= 11 is 0. The van der Waals surface area contributed by atoms with Crippen LogP contribution in [-0.4, -0.2) is 40.5 Å². The summed E-state index contributed by atoms with van der Waals surface area (Å²) in [6.07, 6.45) is 0.798. The quantitative estimate of drug-likeness (QED) is 0.703. The van der Waals surface area contributed by atoms with Crippen LogP contribution in [0.25, 0.3) is 0 Å². The summed E-state index contributed by atoms with van der Waals surface area (Å²) in [4.78, 5) is 23.9. The molecule has 0 saturated heterocycles. The largest absolute Gasteiger partial charge is 0.480 e. The Kier molecular flexibility index (Phi) is 6.03. The molecule has 0 aromatic heterocycles. The number of carboxylic acid groups (broad SMARTS) is 1. The fraction of sp³-hybridized carbons (Fsp3) is 0.818. The second kappa shape index (κ2) is 6.48. The number of carboxylic acids is 1. The normalized spacial score (nSPS) is 14.6. The molecule has 94 valence electrons. The van der Waals surface area contributed by atoms with Crippen LogP contribution in [0.1, 0.15) is 34.1 Å². The number of nitrogens with two attached hydrogens (primary N) is 1. The highest BCUT2D eigenvalue weighted by Gasteiger charge is 2.27.